The van der Waals surface area contributed by atoms with Gasteiger partial charge >= 0.3 is 0 Å². The Morgan fingerprint density at radius 3 is 2.53 bits per heavy atom. The number of amides is 1. The van der Waals surface area contributed by atoms with Crippen LogP contribution in [0.2, 0.25) is 0 Å². The summed E-state index contributed by atoms with van der Waals surface area (Å²) < 4.78 is 1.54. The van der Waals surface area contributed by atoms with Crippen molar-refractivity contribution in [3.8, 4) is 23.0 Å². The third-order valence-corrected chi connectivity index (χ3v) is 5.14. The van der Waals surface area contributed by atoms with Crippen LogP contribution in [0.5, 0.6) is 0 Å². The summed E-state index contributed by atoms with van der Waals surface area (Å²) in [7, 11) is 0. The number of hydrogen-bond acceptors (Lipinski definition) is 6. The van der Waals surface area contributed by atoms with Crippen molar-refractivity contribution in [2.45, 2.75) is 5.03 Å². The molecule has 0 saturated carbocycles. The zero-order valence-electron chi connectivity index (χ0n) is 15.8. The number of para-hydroxylation sites is 1. The molecule has 4 rings (SSSR count). The van der Waals surface area contributed by atoms with Crippen LogP contribution in [0.4, 0.5) is 5.82 Å². The van der Waals surface area contributed by atoms with Gasteiger partial charge < -0.3 is 5.32 Å². The van der Waals surface area contributed by atoms with E-state index < -0.39 is 0 Å². The fourth-order valence-corrected chi connectivity index (χ4v) is 3.48. The molecule has 4 aromatic rings. The third kappa shape index (κ3) is 4.37. The highest BCUT2D eigenvalue weighted by atomic mass is 32.2. The van der Waals surface area contributed by atoms with Crippen molar-refractivity contribution in [1.29, 1.82) is 5.26 Å². The highest BCUT2D eigenvalue weighted by Crippen LogP contribution is 2.23. The predicted molar refractivity (Wildman–Crippen MR) is 115 cm³/mol. The van der Waals surface area contributed by atoms with Crippen molar-refractivity contribution in [2.24, 2.45) is 0 Å². The molecular formula is C22H16N6OS. The Bertz CT molecular complexity index is 1200. The zero-order valence-corrected chi connectivity index (χ0v) is 16.6. The number of thioether (sulfide) groups is 1. The molecule has 0 aliphatic rings. The van der Waals surface area contributed by atoms with Gasteiger partial charge in [0.1, 0.15) is 23.0 Å². The molecule has 1 amide bonds. The Labute approximate surface area is 177 Å². The monoisotopic (exact) mass is 412 g/mol. The molecule has 0 radical (unpaired) electrons. The smallest absolute Gasteiger partial charge is 0.235 e. The molecule has 0 atom stereocenters. The summed E-state index contributed by atoms with van der Waals surface area (Å²) in [5.74, 6) is 0.229. The van der Waals surface area contributed by atoms with E-state index in [1.807, 2.05) is 66.7 Å². The van der Waals surface area contributed by atoms with E-state index in [1.165, 1.54) is 24.3 Å². The maximum atomic E-state index is 12.6. The lowest BCUT2D eigenvalue weighted by molar-refractivity contribution is -0.113. The molecule has 2 aromatic carbocycles. The second-order valence-electron chi connectivity index (χ2n) is 6.21. The molecule has 0 spiro atoms. The summed E-state index contributed by atoms with van der Waals surface area (Å²) in [4.78, 5) is 21.1. The van der Waals surface area contributed by atoms with Crippen LogP contribution < -0.4 is 5.32 Å². The molecule has 146 valence electrons. The van der Waals surface area contributed by atoms with E-state index in [2.05, 4.69) is 26.5 Å². The lowest BCUT2D eigenvalue weighted by atomic mass is 10.1. The van der Waals surface area contributed by atoms with Gasteiger partial charge in [-0.2, -0.15) is 10.4 Å². The van der Waals surface area contributed by atoms with Gasteiger partial charge in [0, 0.05) is 5.56 Å². The number of carbonyl (C=O) groups excluding carboxylic acids is 1. The van der Waals surface area contributed by atoms with Crippen LogP contribution in [0.15, 0.2) is 84.3 Å². The maximum absolute atomic E-state index is 12.6. The van der Waals surface area contributed by atoms with Crippen molar-refractivity contribution in [2.75, 3.05) is 11.1 Å². The van der Waals surface area contributed by atoms with Gasteiger partial charge in [-0.05, 0) is 18.2 Å². The maximum Gasteiger partial charge on any atom is 0.235 e. The molecule has 0 aliphatic heterocycles. The number of nitrogens with zero attached hydrogens (tertiary/aromatic N) is 5. The minimum Gasteiger partial charge on any atom is -0.309 e. The Kier molecular flexibility index (Phi) is 5.83. The van der Waals surface area contributed by atoms with Gasteiger partial charge in [0.05, 0.1) is 23.3 Å². The summed E-state index contributed by atoms with van der Waals surface area (Å²) in [5, 5.41) is 17.1. The van der Waals surface area contributed by atoms with E-state index in [0.717, 1.165) is 16.9 Å². The van der Waals surface area contributed by atoms with E-state index in [9.17, 15) is 10.1 Å². The highest BCUT2D eigenvalue weighted by molar-refractivity contribution is 7.99. The standard InChI is InChI=1S/C22H16N6OS/c23-12-17-13-26-28(18-9-5-2-6-10-18)22(17)27-20(29)14-30-21-11-19(24-15-25-21)16-7-3-1-4-8-16/h1-11,13,15H,14H2,(H,27,29). The van der Waals surface area contributed by atoms with Crippen LogP contribution in [0.25, 0.3) is 16.9 Å². The Morgan fingerprint density at radius 2 is 1.80 bits per heavy atom. The van der Waals surface area contributed by atoms with Crippen LogP contribution in [0.1, 0.15) is 5.56 Å². The summed E-state index contributed by atoms with van der Waals surface area (Å²) in [6.07, 6.45) is 2.92. The van der Waals surface area contributed by atoms with Crippen molar-refractivity contribution in [3.63, 3.8) is 0 Å². The highest BCUT2D eigenvalue weighted by Gasteiger charge is 2.15. The Morgan fingerprint density at radius 1 is 1.07 bits per heavy atom. The molecule has 1 N–H and O–H groups in total. The van der Waals surface area contributed by atoms with Gasteiger partial charge in [0.2, 0.25) is 5.91 Å². The topological polar surface area (TPSA) is 96.5 Å². The molecule has 30 heavy (non-hydrogen) atoms. The number of anilines is 1. The third-order valence-electron chi connectivity index (χ3n) is 4.21. The largest absolute Gasteiger partial charge is 0.309 e. The van der Waals surface area contributed by atoms with E-state index in [1.54, 1.807) is 4.68 Å². The normalized spacial score (nSPS) is 10.4. The number of nitriles is 1. The average molecular weight is 412 g/mol. The molecular weight excluding hydrogens is 396 g/mol. The quantitative estimate of drug-likeness (QED) is 0.381. The van der Waals surface area contributed by atoms with Crippen molar-refractivity contribution >= 4 is 23.5 Å². The van der Waals surface area contributed by atoms with E-state index in [4.69, 9.17) is 0 Å². The molecule has 0 unspecified atom stereocenters. The van der Waals surface area contributed by atoms with Crippen molar-refractivity contribution < 1.29 is 4.79 Å². The molecule has 0 bridgehead atoms. The number of carbonyl (C=O) groups is 1. The Balaban J connectivity index is 1.47. The minimum absolute atomic E-state index is 0.135. The molecule has 0 saturated heterocycles. The fraction of sp³-hybridized carbons (Fsp3) is 0.0455. The number of hydrogen-bond donors (Lipinski definition) is 1. The molecule has 2 heterocycles. The SMILES string of the molecule is N#Cc1cnn(-c2ccccc2)c1NC(=O)CSc1cc(-c2ccccc2)ncn1. The number of aromatic nitrogens is 4. The van der Waals surface area contributed by atoms with Gasteiger partial charge in [-0.1, -0.05) is 60.3 Å². The van der Waals surface area contributed by atoms with E-state index in [0.29, 0.717) is 16.4 Å². The molecule has 7 nitrogen and oxygen atoms in total. The molecule has 0 aliphatic carbocycles. The fourth-order valence-electron chi connectivity index (χ4n) is 2.81. The van der Waals surface area contributed by atoms with E-state index in [-0.39, 0.29) is 11.7 Å². The van der Waals surface area contributed by atoms with Crippen molar-refractivity contribution in [3.05, 3.63) is 84.8 Å². The van der Waals surface area contributed by atoms with Crippen LogP contribution >= 0.6 is 11.8 Å². The first-order valence-electron chi connectivity index (χ1n) is 9.08. The van der Waals surface area contributed by atoms with Gasteiger partial charge in [0.15, 0.2) is 5.82 Å². The predicted octanol–water partition coefficient (Wildman–Crippen LogP) is 3.93. The van der Waals surface area contributed by atoms with Gasteiger partial charge in [-0.15, -0.1) is 0 Å². The summed E-state index contributed by atoms with van der Waals surface area (Å²) in [5.41, 5.74) is 2.83. The summed E-state index contributed by atoms with van der Waals surface area (Å²) in [6, 6.07) is 23.0. The first kappa shape index (κ1) is 19.4. The first-order chi connectivity index (χ1) is 14.7. The van der Waals surface area contributed by atoms with Gasteiger partial charge in [-0.3, -0.25) is 4.79 Å². The lowest BCUT2D eigenvalue weighted by Gasteiger charge is -2.09. The average Bonchev–Trinajstić information content (AvgIpc) is 3.21. The number of nitrogens with one attached hydrogen (secondary N) is 1. The van der Waals surface area contributed by atoms with Gasteiger partial charge in [0.25, 0.3) is 0 Å². The van der Waals surface area contributed by atoms with Crippen LogP contribution in [0, 0.1) is 11.3 Å². The minimum atomic E-state index is -0.256. The summed E-state index contributed by atoms with van der Waals surface area (Å²) >= 11 is 1.30. The Hall–Kier alpha value is -3.96. The second kappa shape index (κ2) is 9.03. The number of rotatable bonds is 6. The summed E-state index contributed by atoms with van der Waals surface area (Å²) in [6.45, 7) is 0. The van der Waals surface area contributed by atoms with Crippen LogP contribution in [-0.2, 0) is 4.79 Å². The number of benzene rings is 2. The molecule has 8 heteroatoms. The second-order valence-corrected chi connectivity index (χ2v) is 7.21. The first-order valence-corrected chi connectivity index (χ1v) is 10.1. The van der Waals surface area contributed by atoms with Crippen LogP contribution in [0.3, 0.4) is 0 Å². The zero-order chi connectivity index (χ0) is 20.8. The molecule has 0 fully saturated rings. The van der Waals surface area contributed by atoms with Crippen LogP contribution in [-0.4, -0.2) is 31.4 Å². The molecule has 2 aromatic heterocycles. The lowest BCUT2D eigenvalue weighted by Crippen LogP contribution is -2.17. The van der Waals surface area contributed by atoms with Gasteiger partial charge in [-0.25, -0.2) is 14.6 Å². The van der Waals surface area contributed by atoms with E-state index >= 15 is 0 Å². The van der Waals surface area contributed by atoms with Crippen molar-refractivity contribution in [1.82, 2.24) is 19.7 Å².